The quantitative estimate of drug-likeness (QED) is 0.602. The summed E-state index contributed by atoms with van der Waals surface area (Å²) in [4.78, 5) is 22.6. The van der Waals surface area contributed by atoms with Crippen LogP contribution in [0.25, 0.3) is 11.4 Å². The van der Waals surface area contributed by atoms with E-state index in [4.69, 9.17) is 4.74 Å². The smallest absolute Gasteiger partial charge is 0.319 e. The molecular formula is C22H31N6O4S+. The number of ether oxygens (including phenoxy) is 1. The molecule has 1 N–H and O–H groups in total. The Morgan fingerprint density at radius 1 is 1.21 bits per heavy atom. The van der Waals surface area contributed by atoms with Crippen molar-refractivity contribution in [1.82, 2.24) is 19.3 Å². The van der Waals surface area contributed by atoms with E-state index in [1.165, 1.54) is 4.31 Å². The van der Waals surface area contributed by atoms with Crippen LogP contribution in [0.2, 0.25) is 0 Å². The Bertz CT molecular complexity index is 1230. The van der Waals surface area contributed by atoms with Crippen molar-refractivity contribution in [3.8, 4) is 17.1 Å². The monoisotopic (exact) mass is 475 g/mol. The zero-order valence-electron chi connectivity index (χ0n) is 19.5. The molecule has 1 unspecified atom stereocenters. The van der Waals surface area contributed by atoms with Gasteiger partial charge in [0.25, 0.3) is 5.56 Å². The van der Waals surface area contributed by atoms with E-state index in [0.29, 0.717) is 56.2 Å². The maximum Gasteiger partial charge on any atom is 0.319 e. The van der Waals surface area contributed by atoms with Crippen LogP contribution >= 0.6 is 0 Å². The highest BCUT2D eigenvalue weighted by molar-refractivity contribution is 7.89. The zero-order valence-corrected chi connectivity index (χ0v) is 20.4. The maximum atomic E-state index is 13.3. The summed E-state index contributed by atoms with van der Waals surface area (Å²) in [6.07, 6.45) is 1.55. The molecule has 0 saturated carbocycles. The average Bonchev–Trinajstić information content (AvgIpc) is 3.10. The summed E-state index contributed by atoms with van der Waals surface area (Å²) < 4.78 is 35.5. The van der Waals surface area contributed by atoms with Crippen LogP contribution in [-0.2, 0) is 10.0 Å². The molecule has 1 aromatic heterocycles. The van der Waals surface area contributed by atoms with Crippen LogP contribution in [0.1, 0.15) is 45.3 Å². The van der Waals surface area contributed by atoms with E-state index in [-0.39, 0.29) is 22.3 Å². The highest BCUT2D eigenvalue weighted by Gasteiger charge is 2.37. The van der Waals surface area contributed by atoms with Crippen molar-refractivity contribution in [3.05, 3.63) is 34.2 Å². The first-order valence-electron chi connectivity index (χ1n) is 11.4. The van der Waals surface area contributed by atoms with Crippen molar-refractivity contribution in [3.63, 3.8) is 0 Å². The number of nitrogens with one attached hydrogen (secondary N) is 1. The number of aliphatic imine (C=N–C) groups is 1. The van der Waals surface area contributed by atoms with Gasteiger partial charge in [-0.05, 0) is 45.5 Å². The summed E-state index contributed by atoms with van der Waals surface area (Å²) in [5.41, 5.74) is 0.605. The number of fused-ring (bicyclic) bond motifs is 1. The van der Waals surface area contributed by atoms with Crippen molar-refractivity contribution in [2.45, 2.75) is 44.6 Å². The van der Waals surface area contributed by atoms with Gasteiger partial charge in [0.2, 0.25) is 21.8 Å². The van der Waals surface area contributed by atoms with Crippen LogP contribution in [0.5, 0.6) is 5.75 Å². The van der Waals surface area contributed by atoms with E-state index >= 15 is 0 Å². The largest absolute Gasteiger partial charge is 0.493 e. The summed E-state index contributed by atoms with van der Waals surface area (Å²) in [6, 6.07) is 4.43. The van der Waals surface area contributed by atoms with E-state index in [2.05, 4.69) is 20.0 Å². The molecule has 11 heteroatoms. The van der Waals surface area contributed by atoms with Gasteiger partial charge in [0.1, 0.15) is 5.75 Å². The summed E-state index contributed by atoms with van der Waals surface area (Å²) in [6.45, 7) is 8.35. The molecule has 2 aliphatic heterocycles. The number of aromatic amines is 1. The summed E-state index contributed by atoms with van der Waals surface area (Å²) in [5, 5.41) is 4.66. The van der Waals surface area contributed by atoms with Gasteiger partial charge < -0.3 is 9.64 Å². The molecule has 0 amide bonds. The molecule has 0 aliphatic carbocycles. The topological polar surface area (TPSA) is 112 Å². The first-order valence-corrected chi connectivity index (χ1v) is 12.8. The van der Waals surface area contributed by atoms with Gasteiger partial charge in [0.05, 0.1) is 23.5 Å². The molecule has 2 aromatic rings. The van der Waals surface area contributed by atoms with Gasteiger partial charge in [-0.25, -0.2) is 8.42 Å². The standard InChI is InChI=1S/C22H30N6O4S/c1-5-7-19-23-15(3)20-22(29)24-21(25-28(19)20)17-14-16(8-9-18(17)32-6-2)33(30,31)27-12-10-26(4)11-13-27/h8-9,14-15H,5-7,10-13H2,1-4H3/p+1. The van der Waals surface area contributed by atoms with Gasteiger partial charge >= 0.3 is 5.84 Å². The van der Waals surface area contributed by atoms with Crippen molar-refractivity contribution in [2.75, 3.05) is 39.8 Å². The molecule has 178 valence electrons. The number of likely N-dealkylation sites (N-methyl/N-ethyl adjacent to an activating group) is 1. The Morgan fingerprint density at radius 2 is 1.94 bits per heavy atom. The number of aromatic nitrogens is 3. The van der Waals surface area contributed by atoms with Crippen molar-refractivity contribution >= 4 is 15.9 Å². The van der Waals surface area contributed by atoms with Crippen molar-refractivity contribution in [2.24, 2.45) is 4.99 Å². The number of rotatable bonds is 7. The molecule has 1 aromatic carbocycles. The van der Waals surface area contributed by atoms with E-state index in [1.807, 2.05) is 27.8 Å². The van der Waals surface area contributed by atoms with Gasteiger partial charge in [-0.2, -0.15) is 4.31 Å². The Kier molecular flexibility index (Phi) is 6.64. The zero-order chi connectivity index (χ0) is 23.8. The second kappa shape index (κ2) is 9.32. The Labute approximate surface area is 194 Å². The van der Waals surface area contributed by atoms with Crippen LogP contribution in [-0.4, -0.2) is 73.4 Å². The molecule has 3 heterocycles. The van der Waals surface area contributed by atoms with E-state index < -0.39 is 10.0 Å². The fraction of sp³-hybridized carbons (Fsp3) is 0.545. The Hall–Kier alpha value is -2.63. The molecular weight excluding hydrogens is 444 g/mol. The van der Waals surface area contributed by atoms with E-state index in [1.54, 1.807) is 22.9 Å². The highest BCUT2D eigenvalue weighted by Crippen LogP contribution is 2.31. The summed E-state index contributed by atoms with van der Waals surface area (Å²) in [7, 11) is -1.72. The van der Waals surface area contributed by atoms with Crippen molar-refractivity contribution in [1.29, 1.82) is 0 Å². The molecule has 10 nitrogen and oxygen atoms in total. The van der Waals surface area contributed by atoms with E-state index in [0.717, 1.165) is 12.3 Å². The number of H-pyrrole nitrogens is 1. The van der Waals surface area contributed by atoms with Crippen LogP contribution in [0.4, 0.5) is 0 Å². The molecule has 0 radical (unpaired) electrons. The first kappa shape index (κ1) is 23.5. The lowest BCUT2D eigenvalue weighted by atomic mass is 10.2. The third-order valence-corrected chi connectivity index (χ3v) is 7.85. The van der Waals surface area contributed by atoms with Gasteiger partial charge in [-0.3, -0.25) is 9.78 Å². The number of hydrogen-bond donors (Lipinski definition) is 1. The fourth-order valence-electron chi connectivity index (χ4n) is 4.18. The number of nitrogens with zero attached hydrogens (tertiary/aromatic N) is 5. The van der Waals surface area contributed by atoms with Gasteiger partial charge in [0, 0.05) is 26.2 Å². The number of benzene rings is 1. The second-order valence-corrected chi connectivity index (χ2v) is 10.3. The minimum Gasteiger partial charge on any atom is -0.493 e. The van der Waals surface area contributed by atoms with Gasteiger partial charge in [0.15, 0.2) is 5.82 Å². The third-order valence-electron chi connectivity index (χ3n) is 5.96. The lowest BCUT2D eigenvalue weighted by Crippen LogP contribution is -2.51. The molecule has 33 heavy (non-hydrogen) atoms. The predicted molar refractivity (Wildman–Crippen MR) is 124 cm³/mol. The van der Waals surface area contributed by atoms with Crippen LogP contribution < -0.4 is 15.0 Å². The lowest BCUT2D eigenvalue weighted by Gasteiger charge is -2.31. The van der Waals surface area contributed by atoms with Gasteiger partial charge in [-0.15, -0.1) is 0 Å². The normalized spacial score (nSPS) is 19.4. The highest BCUT2D eigenvalue weighted by atomic mass is 32.2. The second-order valence-electron chi connectivity index (χ2n) is 8.37. The summed E-state index contributed by atoms with van der Waals surface area (Å²) >= 11 is 0. The van der Waals surface area contributed by atoms with Crippen LogP contribution in [0, 0.1) is 0 Å². The van der Waals surface area contributed by atoms with Crippen LogP contribution in [0.15, 0.2) is 32.9 Å². The van der Waals surface area contributed by atoms with E-state index in [9.17, 15) is 13.2 Å². The number of hydrogen-bond acceptors (Lipinski definition) is 7. The van der Waals surface area contributed by atoms with Gasteiger partial charge in [-0.1, -0.05) is 21.7 Å². The minimum atomic E-state index is -3.70. The van der Waals surface area contributed by atoms with Crippen molar-refractivity contribution < 1.29 is 17.8 Å². The predicted octanol–water partition coefficient (Wildman–Crippen LogP) is 1.18. The minimum absolute atomic E-state index is 0.148. The summed E-state index contributed by atoms with van der Waals surface area (Å²) in [5.74, 6) is 1.44. The first-order chi connectivity index (χ1) is 15.8. The molecule has 0 spiro atoms. The Balaban J connectivity index is 1.81. The molecule has 2 aliphatic rings. The molecule has 0 bridgehead atoms. The fourth-order valence-corrected chi connectivity index (χ4v) is 5.63. The average molecular weight is 476 g/mol. The molecule has 1 fully saturated rings. The molecule has 1 atom stereocenters. The molecule has 1 saturated heterocycles. The number of sulfonamides is 1. The van der Waals surface area contributed by atoms with Crippen LogP contribution in [0.3, 0.4) is 0 Å². The third kappa shape index (κ3) is 4.44. The molecule has 4 rings (SSSR count). The number of piperazine rings is 1. The Morgan fingerprint density at radius 3 is 2.61 bits per heavy atom. The SMILES string of the molecule is CCCC1=NC(C)c2c(=O)[nH]c(-c3cc(S(=O)(=O)N4CCN(C)CC4)ccc3OCC)n[n+]21. The maximum absolute atomic E-state index is 13.3. The lowest BCUT2D eigenvalue weighted by molar-refractivity contribution is -0.628.